The van der Waals surface area contributed by atoms with E-state index in [1.165, 1.54) is 23.8 Å². The highest BCUT2D eigenvalue weighted by Crippen LogP contribution is 2.37. The Morgan fingerprint density at radius 1 is 1.16 bits per heavy atom. The molecule has 4 nitrogen and oxygen atoms in total. The fourth-order valence-electron chi connectivity index (χ4n) is 3.94. The number of carbonyl (C=O) groups excluding carboxylic acids is 2. The van der Waals surface area contributed by atoms with Crippen molar-refractivity contribution < 1.29 is 14.0 Å². The highest BCUT2D eigenvalue weighted by molar-refractivity contribution is 6.08. The Morgan fingerprint density at radius 2 is 1.84 bits per heavy atom. The molecular formula is C26H31FN2O2. The number of anilines is 1. The second kappa shape index (κ2) is 10.9. The molecule has 1 fully saturated rings. The standard InChI is InChI=1S/C26H31FN2O2/c1-6-7-11-22(25(18(5)30)19-9-8-10-19)17(4)24(16(2)3)26(31)29-21-12-13-23(27)20(14-21)15-28/h12-14H,6-11H2,1-5H3,(H,29,31)/b22-17+. The van der Waals surface area contributed by atoms with Crippen molar-refractivity contribution in [2.45, 2.75) is 73.1 Å². The summed E-state index contributed by atoms with van der Waals surface area (Å²) < 4.78 is 13.6. The maximum absolute atomic E-state index is 13.6. The summed E-state index contributed by atoms with van der Waals surface area (Å²) in [6, 6.07) is 5.71. The number of rotatable bonds is 8. The topological polar surface area (TPSA) is 70.0 Å². The van der Waals surface area contributed by atoms with Gasteiger partial charge in [0.15, 0.2) is 5.78 Å². The number of ketones is 1. The third-order valence-electron chi connectivity index (χ3n) is 5.64. The number of Topliss-reactive ketones (excluding diaryl/α,β-unsaturated/α-hetero) is 1. The second-order valence-electron chi connectivity index (χ2n) is 8.23. The van der Waals surface area contributed by atoms with E-state index in [1.807, 2.05) is 20.8 Å². The molecule has 0 atom stereocenters. The molecule has 0 unspecified atom stereocenters. The highest BCUT2D eigenvalue weighted by atomic mass is 19.1. The number of hydrogen-bond donors (Lipinski definition) is 1. The Balaban J connectivity index is 2.52. The van der Waals surface area contributed by atoms with Crippen molar-refractivity contribution in [3.05, 3.63) is 63.0 Å². The summed E-state index contributed by atoms with van der Waals surface area (Å²) in [6.07, 6.45) is 5.60. The zero-order valence-electron chi connectivity index (χ0n) is 19.1. The number of carbonyl (C=O) groups is 2. The molecule has 5 heteroatoms. The molecule has 0 bridgehead atoms. The largest absolute Gasteiger partial charge is 0.322 e. The maximum atomic E-state index is 13.6. The lowest BCUT2D eigenvalue weighted by molar-refractivity contribution is -0.114. The third-order valence-corrected chi connectivity index (χ3v) is 5.64. The zero-order valence-corrected chi connectivity index (χ0v) is 19.1. The first-order chi connectivity index (χ1) is 14.7. The molecule has 1 aliphatic rings. The first-order valence-corrected chi connectivity index (χ1v) is 10.8. The molecule has 1 aromatic rings. The van der Waals surface area contributed by atoms with Crippen molar-refractivity contribution in [2.24, 2.45) is 0 Å². The number of nitrogens with one attached hydrogen (secondary N) is 1. The molecule has 1 N–H and O–H groups in total. The van der Waals surface area contributed by atoms with E-state index >= 15 is 0 Å². The van der Waals surface area contributed by atoms with Crippen LogP contribution in [0.1, 0.15) is 78.7 Å². The summed E-state index contributed by atoms with van der Waals surface area (Å²) in [5.41, 5.74) is 5.31. The van der Waals surface area contributed by atoms with Gasteiger partial charge < -0.3 is 5.32 Å². The molecule has 0 heterocycles. The number of nitrogens with zero attached hydrogens (tertiary/aromatic N) is 1. The van der Waals surface area contributed by atoms with Crippen LogP contribution in [-0.4, -0.2) is 11.7 Å². The van der Waals surface area contributed by atoms with Crippen LogP contribution in [-0.2, 0) is 9.59 Å². The van der Waals surface area contributed by atoms with E-state index in [1.54, 1.807) is 13.0 Å². The molecular weight excluding hydrogens is 391 g/mol. The average molecular weight is 423 g/mol. The summed E-state index contributed by atoms with van der Waals surface area (Å²) in [5, 5.41) is 11.8. The maximum Gasteiger partial charge on any atom is 0.255 e. The van der Waals surface area contributed by atoms with Crippen LogP contribution < -0.4 is 5.32 Å². The van der Waals surface area contributed by atoms with Crippen LogP contribution in [0.4, 0.5) is 10.1 Å². The van der Waals surface area contributed by atoms with E-state index in [0.717, 1.165) is 60.8 Å². The normalized spacial score (nSPS) is 13.5. The van der Waals surface area contributed by atoms with E-state index < -0.39 is 5.82 Å². The van der Waals surface area contributed by atoms with E-state index in [-0.39, 0.29) is 17.3 Å². The quantitative estimate of drug-likeness (QED) is 0.381. The molecule has 0 aliphatic heterocycles. The van der Waals surface area contributed by atoms with Gasteiger partial charge in [0.2, 0.25) is 0 Å². The first-order valence-electron chi connectivity index (χ1n) is 10.8. The van der Waals surface area contributed by atoms with Gasteiger partial charge in [0.05, 0.1) is 5.56 Å². The van der Waals surface area contributed by atoms with Crippen LogP contribution in [0, 0.1) is 17.1 Å². The highest BCUT2D eigenvalue weighted by Gasteiger charge is 2.25. The Morgan fingerprint density at radius 3 is 2.32 bits per heavy atom. The van der Waals surface area contributed by atoms with Crippen LogP contribution in [0.2, 0.25) is 0 Å². The summed E-state index contributed by atoms with van der Waals surface area (Å²) in [7, 11) is 0. The van der Waals surface area contributed by atoms with Crippen molar-refractivity contribution in [2.75, 3.05) is 5.32 Å². The molecule has 1 aliphatic carbocycles. The van der Waals surface area contributed by atoms with Gasteiger partial charge in [-0.25, -0.2) is 4.39 Å². The number of hydrogen-bond acceptors (Lipinski definition) is 3. The van der Waals surface area contributed by atoms with Gasteiger partial charge >= 0.3 is 0 Å². The average Bonchev–Trinajstić information content (AvgIpc) is 2.66. The first kappa shape index (κ1) is 24.3. The van der Waals surface area contributed by atoms with Crippen LogP contribution in [0.3, 0.4) is 0 Å². The second-order valence-corrected chi connectivity index (χ2v) is 8.23. The van der Waals surface area contributed by atoms with Crippen molar-refractivity contribution in [1.29, 1.82) is 5.26 Å². The summed E-state index contributed by atoms with van der Waals surface area (Å²) in [6.45, 7) is 9.34. The number of unbranched alkanes of at least 4 members (excludes halogenated alkanes) is 1. The number of halogens is 1. The van der Waals surface area contributed by atoms with E-state index in [9.17, 15) is 14.0 Å². The summed E-state index contributed by atoms with van der Waals surface area (Å²) >= 11 is 0. The van der Waals surface area contributed by atoms with Crippen LogP contribution in [0.5, 0.6) is 0 Å². The fraction of sp³-hybridized carbons (Fsp3) is 0.423. The smallest absolute Gasteiger partial charge is 0.255 e. The molecule has 0 saturated heterocycles. The minimum absolute atomic E-state index is 0.0471. The van der Waals surface area contributed by atoms with Gasteiger partial charge in [0, 0.05) is 16.8 Å². The Hall–Kier alpha value is -3.00. The molecule has 31 heavy (non-hydrogen) atoms. The van der Waals surface area contributed by atoms with Crippen molar-refractivity contribution in [3.63, 3.8) is 0 Å². The van der Waals surface area contributed by atoms with Gasteiger partial charge in [-0.15, -0.1) is 0 Å². The molecule has 0 spiro atoms. The SMILES string of the molecule is CCCC/C(C(C(C)=O)=C1CCC1)=C(/C)C(C(=O)Nc1ccc(F)c(C#N)c1)=C(C)C. The minimum atomic E-state index is -0.626. The minimum Gasteiger partial charge on any atom is -0.322 e. The van der Waals surface area contributed by atoms with Gasteiger partial charge in [0.25, 0.3) is 5.91 Å². The van der Waals surface area contributed by atoms with Crippen molar-refractivity contribution >= 4 is 17.4 Å². The molecule has 164 valence electrons. The van der Waals surface area contributed by atoms with Crippen molar-refractivity contribution in [1.82, 2.24) is 0 Å². The fourth-order valence-corrected chi connectivity index (χ4v) is 3.94. The zero-order chi connectivity index (χ0) is 23.1. The number of amides is 1. The molecule has 0 radical (unpaired) electrons. The molecule has 1 saturated carbocycles. The van der Waals surface area contributed by atoms with Crippen LogP contribution in [0.15, 0.2) is 51.6 Å². The number of benzene rings is 1. The summed E-state index contributed by atoms with van der Waals surface area (Å²) in [5.74, 6) is -0.909. The summed E-state index contributed by atoms with van der Waals surface area (Å²) in [4.78, 5) is 25.8. The Kier molecular flexibility index (Phi) is 8.50. The molecule has 2 rings (SSSR count). The lowest BCUT2D eigenvalue weighted by Crippen LogP contribution is -2.19. The lowest BCUT2D eigenvalue weighted by Gasteiger charge is -2.25. The van der Waals surface area contributed by atoms with E-state index in [4.69, 9.17) is 5.26 Å². The van der Waals surface area contributed by atoms with Gasteiger partial charge in [-0.2, -0.15) is 5.26 Å². The van der Waals surface area contributed by atoms with Crippen molar-refractivity contribution in [3.8, 4) is 6.07 Å². The molecule has 1 amide bonds. The number of allylic oxidation sites excluding steroid dienone is 4. The van der Waals surface area contributed by atoms with Gasteiger partial charge in [-0.1, -0.05) is 24.5 Å². The molecule has 1 aromatic carbocycles. The third kappa shape index (κ3) is 5.79. The monoisotopic (exact) mass is 422 g/mol. The van der Waals surface area contributed by atoms with E-state index in [2.05, 4.69) is 12.2 Å². The predicted octanol–water partition coefficient (Wildman–Crippen LogP) is 6.55. The van der Waals surface area contributed by atoms with Gasteiger partial charge in [0.1, 0.15) is 11.9 Å². The van der Waals surface area contributed by atoms with Crippen LogP contribution >= 0.6 is 0 Å². The van der Waals surface area contributed by atoms with E-state index in [0.29, 0.717) is 11.3 Å². The predicted molar refractivity (Wildman–Crippen MR) is 122 cm³/mol. The number of nitriles is 1. The Labute approximate surface area is 184 Å². The molecule has 0 aromatic heterocycles. The Bertz CT molecular complexity index is 1010. The van der Waals surface area contributed by atoms with Crippen LogP contribution in [0.25, 0.3) is 0 Å². The van der Waals surface area contributed by atoms with Gasteiger partial charge in [-0.05, 0) is 89.1 Å². The lowest BCUT2D eigenvalue weighted by atomic mass is 9.79. The van der Waals surface area contributed by atoms with Gasteiger partial charge in [-0.3, -0.25) is 9.59 Å².